The zero-order valence-corrected chi connectivity index (χ0v) is 25.6. The third-order valence-electron chi connectivity index (χ3n) is 7.83. The highest BCUT2D eigenvalue weighted by Crippen LogP contribution is 2.56. The minimum absolute atomic E-state index is 0.0910. The van der Waals surface area contributed by atoms with E-state index in [1.54, 1.807) is 36.4 Å². The standard InChI is InChI=1S/C31H33Cl2FN4O5/c1-30(2,3)14-23-31(27-21(37-29(31)41)12-16(32)15-35-27)24(18-6-5-7-19(33)25(18)34)26(38-23)28(40)36-20-9-8-17(43-11-10-39)13-22(20)42-4/h5-9,12-13,15,23-24,26,38-39H,10-11,14H2,1-4H3,(H,36,40)(H,37,41)/t23-,24-,26+,31+/m1/s1. The van der Waals surface area contributed by atoms with Crippen molar-refractivity contribution in [3.63, 3.8) is 0 Å². The number of aromatic nitrogens is 1. The summed E-state index contributed by atoms with van der Waals surface area (Å²) in [6, 6.07) is 9.26. The Hall–Kier alpha value is -3.44. The molecule has 3 heterocycles. The van der Waals surface area contributed by atoms with Crippen LogP contribution >= 0.6 is 23.2 Å². The van der Waals surface area contributed by atoms with E-state index in [4.69, 9.17) is 37.8 Å². The van der Waals surface area contributed by atoms with Crippen LogP contribution in [0.15, 0.2) is 48.7 Å². The smallest absolute Gasteiger partial charge is 0.242 e. The first-order chi connectivity index (χ1) is 20.4. The lowest BCUT2D eigenvalue weighted by atomic mass is 9.64. The maximum atomic E-state index is 15.9. The fourth-order valence-electron chi connectivity index (χ4n) is 6.22. The van der Waals surface area contributed by atoms with Crippen LogP contribution in [0.3, 0.4) is 0 Å². The molecule has 43 heavy (non-hydrogen) atoms. The zero-order chi connectivity index (χ0) is 31.1. The Morgan fingerprint density at radius 1 is 1.21 bits per heavy atom. The third-order valence-corrected chi connectivity index (χ3v) is 8.33. The lowest BCUT2D eigenvalue weighted by molar-refractivity contribution is -0.122. The van der Waals surface area contributed by atoms with E-state index in [-0.39, 0.29) is 29.2 Å². The van der Waals surface area contributed by atoms with Gasteiger partial charge in [-0.05, 0) is 41.7 Å². The first-order valence-corrected chi connectivity index (χ1v) is 14.6. The number of carbonyl (C=O) groups is 2. The lowest BCUT2D eigenvalue weighted by Gasteiger charge is -2.37. The molecule has 9 nitrogen and oxygen atoms in total. The molecule has 4 N–H and O–H groups in total. The minimum Gasteiger partial charge on any atom is -0.494 e. The fraction of sp³-hybridized carbons (Fsp3) is 0.387. The van der Waals surface area contributed by atoms with Gasteiger partial charge in [0, 0.05) is 24.2 Å². The van der Waals surface area contributed by atoms with Gasteiger partial charge in [0.25, 0.3) is 0 Å². The molecule has 2 aromatic carbocycles. The quantitative estimate of drug-likeness (QED) is 0.267. The van der Waals surface area contributed by atoms with Crippen LogP contribution < -0.4 is 25.4 Å². The van der Waals surface area contributed by atoms with Crippen LogP contribution in [0.1, 0.15) is 44.4 Å². The van der Waals surface area contributed by atoms with Gasteiger partial charge in [-0.15, -0.1) is 0 Å². The van der Waals surface area contributed by atoms with Crippen molar-refractivity contribution >= 4 is 46.4 Å². The molecule has 0 radical (unpaired) electrons. The van der Waals surface area contributed by atoms with Crippen molar-refractivity contribution in [2.24, 2.45) is 5.41 Å². The van der Waals surface area contributed by atoms with Gasteiger partial charge in [-0.2, -0.15) is 0 Å². The Kier molecular flexibility index (Phi) is 8.59. The molecule has 1 aromatic heterocycles. The highest BCUT2D eigenvalue weighted by atomic mass is 35.5. The highest BCUT2D eigenvalue weighted by molar-refractivity contribution is 6.31. The van der Waals surface area contributed by atoms with Gasteiger partial charge < -0.3 is 30.5 Å². The number of anilines is 2. The molecule has 0 aliphatic carbocycles. The Labute approximate surface area is 259 Å². The van der Waals surface area contributed by atoms with Gasteiger partial charge in [-0.1, -0.05) is 56.1 Å². The maximum Gasteiger partial charge on any atom is 0.242 e. The molecule has 228 valence electrons. The number of pyridine rings is 1. The number of aliphatic hydroxyl groups excluding tert-OH is 1. The maximum absolute atomic E-state index is 15.9. The number of methoxy groups -OCH3 is 1. The Morgan fingerprint density at radius 3 is 2.67 bits per heavy atom. The summed E-state index contributed by atoms with van der Waals surface area (Å²) in [5.41, 5.74) is -0.539. The van der Waals surface area contributed by atoms with E-state index < -0.39 is 41.0 Å². The number of nitrogens with zero attached hydrogens (tertiary/aromatic N) is 1. The van der Waals surface area contributed by atoms with Crippen LogP contribution in [-0.2, 0) is 15.0 Å². The minimum atomic E-state index is -1.48. The monoisotopic (exact) mass is 630 g/mol. The first kappa shape index (κ1) is 31.0. The number of nitrogens with one attached hydrogen (secondary N) is 3. The van der Waals surface area contributed by atoms with Gasteiger partial charge in [-0.25, -0.2) is 4.39 Å². The average Bonchev–Trinajstić information content (AvgIpc) is 3.42. The molecule has 2 amide bonds. The number of benzene rings is 2. The second-order valence-electron chi connectivity index (χ2n) is 11.9. The molecular formula is C31H33Cl2FN4O5. The molecule has 2 aliphatic rings. The van der Waals surface area contributed by atoms with Crippen LogP contribution in [0.2, 0.25) is 10.0 Å². The second kappa shape index (κ2) is 11.9. The van der Waals surface area contributed by atoms with Crippen molar-refractivity contribution in [3.05, 3.63) is 75.8 Å². The summed E-state index contributed by atoms with van der Waals surface area (Å²) in [6.07, 6.45) is 1.90. The summed E-state index contributed by atoms with van der Waals surface area (Å²) < 4.78 is 26.9. The number of hydrogen-bond donors (Lipinski definition) is 4. The molecular weight excluding hydrogens is 598 g/mol. The zero-order valence-electron chi connectivity index (χ0n) is 24.1. The second-order valence-corrected chi connectivity index (χ2v) is 12.7. The van der Waals surface area contributed by atoms with E-state index in [9.17, 15) is 9.59 Å². The SMILES string of the molecule is COc1cc(OCCO)ccc1NC(=O)[C@H]1N[C@H](CC(C)(C)C)[C@]2(C(=O)Nc3cc(Cl)cnc32)[C@@H]1c1cccc(Cl)c1F. The van der Waals surface area contributed by atoms with Crippen molar-refractivity contribution in [2.45, 2.75) is 50.6 Å². The Bertz CT molecular complexity index is 1570. The number of fused-ring (bicyclic) bond motifs is 2. The first-order valence-electron chi connectivity index (χ1n) is 13.8. The van der Waals surface area contributed by atoms with Crippen molar-refractivity contribution in [3.8, 4) is 11.5 Å². The molecule has 4 atom stereocenters. The summed E-state index contributed by atoms with van der Waals surface area (Å²) in [5, 5.41) is 18.5. The molecule has 5 rings (SSSR count). The molecule has 0 bridgehead atoms. The Balaban J connectivity index is 1.66. The molecule has 1 saturated heterocycles. The largest absolute Gasteiger partial charge is 0.494 e. The van der Waals surface area contributed by atoms with Crippen molar-refractivity contribution in [1.29, 1.82) is 0 Å². The van der Waals surface area contributed by atoms with E-state index in [0.29, 0.717) is 40.0 Å². The van der Waals surface area contributed by atoms with Gasteiger partial charge in [0.15, 0.2) is 0 Å². The van der Waals surface area contributed by atoms with Crippen LogP contribution in [-0.4, -0.2) is 54.3 Å². The predicted octanol–water partition coefficient (Wildman–Crippen LogP) is 5.30. The van der Waals surface area contributed by atoms with Crippen LogP contribution in [0.4, 0.5) is 15.8 Å². The topological polar surface area (TPSA) is 122 Å². The van der Waals surface area contributed by atoms with Crippen LogP contribution in [0, 0.1) is 11.2 Å². The van der Waals surface area contributed by atoms with E-state index in [1.807, 2.05) is 20.8 Å². The van der Waals surface area contributed by atoms with E-state index in [1.165, 1.54) is 19.4 Å². The van der Waals surface area contributed by atoms with Crippen molar-refractivity contribution < 1.29 is 28.6 Å². The van der Waals surface area contributed by atoms with Crippen molar-refractivity contribution in [1.82, 2.24) is 10.3 Å². The number of aliphatic hydroxyl groups is 1. The summed E-state index contributed by atoms with van der Waals surface area (Å²) in [7, 11) is 1.45. The number of halogens is 3. The van der Waals surface area contributed by atoms with Crippen LogP contribution in [0.5, 0.6) is 11.5 Å². The number of ether oxygens (including phenoxy) is 2. The molecule has 12 heteroatoms. The molecule has 2 aliphatic heterocycles. The number of hydrogen-bond acceptors (Lipinski definition) is 7. The summed E-state index contributed by atoms with van der Waals surface area (Å²) >= 11 is 12.5. The fourth-order valence-corrected chi connectivity index (χ4v) is 6.56. The van der Waals surface area contributed by atoms with Gasteiger partial charge in [-0.3, -0.25) is 14.6 Å². The van der Waals surface area contributed by atoms with Gasteiger partial charge >= 0.3 is 0 Å². The van der Waals surface area contributed by atoms with E-state index in [2.05, 4.69) is 20.9 Å². The predicted molar refractivity (Wildman–Crippen MR) is 163 cm³/mol. The molecule has 0 unspecified atom stereocenters. The normalized spacial score (nSPS) is 22.8. The van der Waals surface area contributed by atoms with Gasteiger partial charge in [0.05, 0.1) is 46.9 Å². The molecule has 1 spiro atoms. The number of amides is 2. The highest BCUT2D eigenvalue weighted by Gasteiger charge is 2.67. The van der Waals surface area contributed by atoms with Crippen LogP contribution in [0.25, 0.3) is 0 Å². The lowest BCUT2D eigenvalue weighted by Crippen LogP contribution is -2.50. The van der Waals surface area contributed by atoms with Crippen molar-refractivity contribution in [2.75, 3.05) is 31.0 Å². The summed E-state index contributed by atoms with van der Waals surface area (Å²) in [6.45, 7) is 6.01. The summed E-state index contributed by atoms with van der Waals surface area (Å²) in [5.74, 6) is -1.95. The third kappa shape index (κ3) is 5.64. The molecule has 1 fully saturated rings. The summed E-state index contributed by atoms with van der Waals surface area (Å²) in [4.78, 5) is 33.0. The van der Waals surface area contributed by atoms with Gasteiger partial charge in [0.2, 0.25) is 11.8 Å². The molecule has 3 aromatic rings. The van der Waals surface area contributed by atoms with Gasteiger partial charge in [0.1, 0.15) is 29.3 Å². The number of carbonyl (C=O) groups excluding carboxylic acids is 2. The molecule has 0 saturated carbocycles. The average molecular weight is 632 g/mol. The number of rotatable bonds is 8. The Morgan fingerprint density at radius 2 is 1.98 bits per heavy atom. The van der Waals surface area contributed by atoms with E-state index in [0.717, 1.165) is 0 Å². The van der Waals surface area contributed by atoms with E-state index >= 15 is 4.39 Å².